The number of alkyl halides is 3. The minimum Gasteiger partial charge on any atom is -0.349 e. The third kappa shape index (κ3) is 4.27. The van der Waals surface area contributed by atoms with Crippen LogP contribution in [0.1, 0.15) is 27.3 Å². The van der Waals surface area contributed by atoms with Crippen molar-refractivity contribution in [2.45, 2.75) is 18.6 Å². The molecule has 13 heteroatoms. The molecule has 1 aliphatic rings. The van der Waals surface area contributed by atoms with Crippen LogP contribution in [0, 0.1) is 18.6 Å². The van der Waals surface area contributed by atoms with Gasteiger partial charge in [-0.15, -0.1) is 0 Å². The Kier molecular flexibility index (Phi) is 6.02. The van der Waals surface area contributed by atoms with Crippen molar-refractivity contribution in [1.29, 1.82) is 0 Å². The summed E-state index contributed by atoms with van der Waals surface area (Å²) in [4.78, 5) is 37.7. The number of nitrogens with zero attached hydrogens (tertiary/aromatic N) is 2. The first-order chi connectivity index (χ1) is 16.8. The average molecular weight is 507 g/mol. The van der Waals surface area contributed by atoms with Gasteiger partial charge in [-0.3, -0.25) is 19.6 Å². The highest BCUT2D eigenvalue weighted by atomic mass is 19.4. The number of benzene rings is 2. The molecule has 2 heterocycles. The minimum atomic E-state index is -4.65. The second kappa shape index (κ2) is 8.73. The van der Waals surface area contributed by atoms with Gasteiger partial charge < -0.3 is 10.6 Å². The van der Waals surface area contributed by atoms with Crippen molar-refractivity contribution in [3.63, 3.8) is 0 Å². The summed E-state index contributed by atoms with van der Waals surface area (Å²) in [5, 5.41) is 11.1. The van der Waals surface area contributed by atoms with Crippen molar-refractivity contribution in [2.24, 2.45) is 7.05 Å². The van der Waals surface area contributed by atoms with Gasteiger partial charge in [0, 0.05) is 18.3 Å². The lowest BCUT2D eigenvalue weighted by Gasteiger charge is -2.24. The van der Waals surface area contributed by atoms with E-state index in [9.17, 15) is 36.3 Å². The fraction of sp³-hybridized carbons (Fsp3) is 0.217. The number of hydrogen-bond donors (Lipinski definition) is 3. The van der Waals surface area contributed by atoms with E-state index in [4.69, 9.17) is 0 Å². The van der Waals surface area contributed by atoms with Crippen LogP contribution in [0.25, 0.3) is 11.1 Å². The number of amides is 4. The third-order valence-electron chi connectivity index (χ3n) is 5.85. The summed E-state index contributed by atoms with van der Waals surface area (Å²) < 4.78 is 69.0. The smallest absolute Gasteiger partial charge is 0.349 e. The topological polar surface area (TPSA) is 105 Å². The van der Waals surface area contributed by atoms with E-state index in [0.29, 0.717) is 23.9 Å². The molecule has 1 aromatic heterocycles. The normalized spacial score (nSPS) is 17.6. The zero-order valence-corrected chi connectivity index (χ0v) is 18.8. The monoisotopic (exact) mass is 507 g/mol. The molecular formula is C23H18F5N5O3. The predicted molar refractivity (Wildman–Crippen MR) is 115 cm³/mol. The molecule has 3 N–H and O–H groups in total. The molecule has 36 heavy (non-hydrogen) atoms. The van der Waals surface area contributed by atoms with Crippen LogP contribution in [0.2, 0.25) is 0 Å². The summed E-state index contributed by atoms with van der Waals surface area (Å²) in [6.45, 7) is 1.19. The van der Waals surface area contributed by atoms with Gasteiger partial charge in [0.05, 0.1) is 23.4 Å². The number of aromatic nitrogens is 2. The third-order valence-corrected chi connectivity index (χ3v) is 5.85. The highest BCUT2D eigenvalue weighted by molar-refractivity contribution is 6.08. The molecule has 0 aliphatic carbocycles. The maximum absolute atomic E-state index is 14.8. The van der Waals surface area contributed by atoms with Crippen LogP contribution < -0.4 is 16.0 Å². The first kappa shape index (κ1) is 24.8. The second-order valence-corrected chi connectivity index (χ2v) is 8.15. The van der Waals surface area contributed by atoms with Crippen LogP contribution in [0.5, 0.6) is 0 Å². The summed E-state index contributed by atoms with van der Waals surface area (Å²) in [5.74, 6) is -4.52. The van der Waals surface area contributed by atoms with Crippen molar-refractivity contribution in [1.82, 2.24) is 25.7 Å². The molecule has 1 atom stereocenters. The van der Waals surface area contributed by atoms with Gasteiger partial charge in [-0.1, -0.05) is 12.1 Å². The minimum absolute atomic E-state index is 0.124. The molecule has 0 radical (unpaired) electrons. The van der Waals surface area contributed by atoms with Gasteiger partial charge in [0.15, 0.2) is 17.2 Å². The summed E-state index contributed by atoms with van der Waals surface area (Å²) in [6, 6.07) is 5.56. The zero-order valence-electron chi connectivity index (χ0n) is 18.8. The highest BCUT2D eigenvalue weighted by Crippen LogP contribution is 2.34. The van der Waals surface area contributed by atoms with Gasteiger partial charge in [-0.2, -0.15) is 18.3 Å². The van der Waals surface area contributed by atoms with Gasteiger partial charge in [0.1, 0.15) is 0 Å². The SMILES string of the molecule is Cc1cc(C2(CNC(=O)c3ccc(F)c(F)c3-c3ccc(C(F)(F)F)cc3)NC(=O)NC2=O)nn1C. The molecule has 4 rings (SSSR count). The molecule has 8 nitrogen and oxygen atoms in total. The Labute approximate surface area is 200 Å². The number of hydrogen-bond acceptors (Lipinski definition) is 4. The van der Waals surface area contributed by atoms with E-state index in [0.717, 1.165) is 18.2 Å². The van der Waals surface area contributed by atoms with E-state index in [2.05, 4.69) is 21.0 Å². The number of halogens is 5. The van der Waals surface area contributed by atoms with Gasteiger partial charge in [0.2, 0.25) is 0 Å². The van der Waals surface area contributed by atoms with Crippen molar-refractivity contribution >= 4 is 17.8 Å². The lowest BCUT2D eigenvalue weighted by atomic mass is 9.94. The van der Waals surface area contributed by atoms with Crippen LogP contribution in [0.4, 0.5) is 26.7 Å². The molecule has 4 amide bonds. The Bertz CT molecular complexity index is 1360. The fourth-order valence-electron chi connectivity index (χ4n) is 3.81. The predicted octanol–water partition coefficient (Wildman–Crippen LogP) is 3.16. The molecule has 3 aromatic rings. The van der Waals surface area contributed by atoms with Gasteiger partial charge in [-0.25, -0.2) is 13.6 Å². The van der Waals surface area contributed by atoms with E-state index in [1.54, 1.807) is 14.0 Å². The van der Waals surface area contributed by atoms with Crippen LogP contribution in [0.3, 0.4) is 0 Å². The van der Waals surface area contributed by atoms with Crippen LogP contribution in [-0.4, -0.2) is 34.2 Å². The zero-order chi connectivity index (χ0) is 26.4. The Balaban J connectivity index is 1.69. The van der Waals surface area contributed by atoms with Crippen molar-refractivity contribution in [3.8, 4) is 11.1 Å². The molecule has 1 fully saturated rings. The number of rotatable bonds is 5. The van der Waals surface area contributed by atoms with E-state index in [1.807, 2.05) is 0 Å². The van der Waals surface area contributed by atoms with Crippen molar-refractivity contribution < 1.29 is 36.3 Å². The largest absolute Gasteiger partial charge is 0.416 e. The molecule has 188 valence electrons. The Hall–Kier alpha value is -4.29. The summed E-state index contributed by atoms with van der Waals surface area (Å²) >= 11 is 0. The van der Waals surface area contributed by atoms with Gasteiger partial charge >= 0.3 is 12.2 Å². The molecule has 1 unspecified atom stereocenters. The molecule has 1 saturated heterocycles. The second-order valence-electron chi connectivity index (χ2n) is 8.15. The first-order valence-electron chi connectivity index (χ1n) is 10.4. The number of aryl methyl sites for hydroxylation is 2. The van der Waals surface area contributed by atoms with Crippen LogP contribution in [0.15, 0.2) is 42.5 Å². The molecule has 0 spiro atoms. The van der Waals surface area contributed by atoms with Crippen LogP contribution in [-0.2, 0) is 23.6 Å². The van der Waals surface area contributed by atoms with E-state index in [1.165, 1.54) is 10.7 Å². The first-order valence-corrected chi connectivity index (χ1v) is 10.4. The maximum atomic E-state index is 14.8. The van der Waals surface area contributed by atoms with Crippen molar-refractivity contribution in [3.05, 3.63) is 76.6 Å². The fourth-order valence-corrected chi connectivity index (χ4v) is 3.81. The Morgan fingerprint density at radius 3 is 2.31 bits per heavy atom. The van der Waals surface area contributed by atoms with Gasteiger partial charge in [-0.05, 0) is 42.8 Å². The molecule has 0 bridgehead atoms. The number of urea groups is 1. The summed E-state index contributed by atoms with van der Waals surface area (Å²) in [6.07, 6.45) is -4.65. The molecule has 2 aromatic carbocycles. The highest BCUT2D eigenvalue weighted by Gasteiger charge is 2.50. The summed E-state index contributed by atoms with van der Waals surface area (Å²) in [5.41, 5.74) is -3.16. The van der Waals surface area contributed by atoms with Crippen LogP contribution >= 0.6 is 0 Å². The van der Waals surface area contributed by atoms with Crippen molar-refractivity contribution in [2.75, 3.05) is 6.54 Å². The standard InChI is InChI=1S/C23H18F5N5O3/c1-11-9-16(32-33(11)2)22(20(35)30-21(36)31-22)10-29-19(34)14-7-8-15(24)18(25)17(14)12-3-5-13(6-4-12)23(26,27)28/h3-9H,10H2,1-2H3,(H,29,34)(H2,30,31,35,36). The Morgan fingerprint density at radius 2 is 1.78 bits per heavy atom. The average Bonchev–Trinajstić information content (AvgIpc) is 3.31. The summed E-state index contributed by atoms with van der Waals surface area (Å²) in [7, 11) is 1.61. The van der Waals surface area contributed by atoms with E-state index < -0.39 is 64.4 Å². The lowest BCUT2D eigenvalue weighted by molar-refractivity contribution is -0.137. The number of nitrogens with one attached hydrogen (secondary N) is 3. The Morgan fingerprint density at radius 1 is 1.11 bits per heavy atom. The molecule has 0 saturated carbocycles. The van der Waals surface area contributed by atoms with E-state index in [-0.39, 0.29) is 11.3 Å². The van der Waals surface area contributed by atoms with Gasteiger partial charge in [0.25, 0.3) is 11.8 Å². The maximum Gasteiger partial charge on any atom is 0.416 e. The quantitative estimate of drug-likeness (QED) is 0.365. The molecular weight excluding hydrogens is 489 g/mol. The number of imide groups is 1. The lowest BCUT2D eigenvalue weighted by Crippen LogP contribution is -2.53. The van der Waals surface area contributed by atoms with E-state index >= 15 is 0 Å². The number of carbonyl (C=O) groups excluding carboxylic acids is 3. The number of carbonyl (C=O) groups is 3. The molecule has 1 aliphatic heterocycles.